The van der Waals surface area contributed by atoms with Gasteiger partial charge in [0, 0.05) is 42.4 Å². The zero-order valence-corrected chi connectivity index (χ0v) is 15.3. The van der Waals surface area contributed by atoms with E-state index in [1.165, 1.54) is 0 Å². The molecule has 0 radical (unpaired) electrons. The van der Waals surface area contributed by atoms with Crippen molar-refractivity contribution in [2.45, 2.75) is 13.0 Å². The number of hydrogen-bond donors (Lipinski definition) is 1. The van der Waals surface area contributed by atoms with E-state index in [-0.39, 0.29) is 5.91 Å². The number of benzene rings is 2. The van der Waals surface area contributed by atoms with E-state index in [2.05, 4.69) is 10.1 Å². The number of rotatable bonds is 2. The molecule has 0 unspecified atom stereocenters. The average molecular weight is 377 g/mol. The Morgan fingerprint density at radius 2 is 2.04 bits per heavy atom. The molecule has 1 N–H and O–H groups in total. The quantitative estimate of drug-likeness (QED) is 0.570. The summed E-state index contributed by atoms with van der Waals surface area (Å²) >= 11 is 6.33. The highest BCUT2D eigenvalue weighted by Crippen LogP contribution is 2.27. The predicted molar refractivity (Wildman–Crippen MR) is 105 cm³/mol. The molecule has 4 aromatic rings. The molecule has 1 amide bonds. The first-order valence-corrected chi connectivity index (χ1v) is 9.25. The molecule has 1 aliphatic heterocycles. The number of carbonyl (C=O) groups excluding carboxylic acids is 1. The number of carbonyl (C=O) groups is 1. The van der Waals surface area contributed by atoms with Gasteiger partial charge in [-0.2, -0.15) is 5.10 Å². The van der Waals surface area contributed by atoms with Crippen LogP contribution in [0.4, 0.5) is 0 Å². The third kappa shape index (κ3) is 2.71. The first-order valence-electron chi connectivity index (χ1n) is 8.88. The van der Waals surface area contributed by atoms with Crippen LogP contribution in [-0.4, -0.2) is 32.1 Å². The van der Waals surface area contributed by atoms with Crippen molar-refractivity contribution in [1.82, 2.24) is 19.7 Å². The first kappa shape index (κ1) is 16.1. The zero-order valence-electron chi connectivity index (χ0n) is 14.5. The predicted octanol–water partition coefficient (Wildman–Crippen LogP) is 4.21. The molecule has 0 saturated heterocycles. The molecule has 0 fully saturated rings. The van der Waals surface area contributed by atoms with Gasteiger partial charge in [-0.05, 0) is 35.7 Å². The summed E-state index contributed by atoms with van der Waals surface area (Å²) in [5.74, 6) is 0.0441. The lowest BCUT2D eigenvalue weighted by Gasteiger charge is -2.27. The van der Waals surface area contributed by atoms with Crippen LogP contribution in [0.25, 0.3) is 16.6 Å². The third-order valence-corrected chi connectivity index (χ3v) is 5.42. The highest BCUT2D eigenvalue weighted by Gasteiger charge is 2.25. The van der Waals surface area contributed by atoms with E-state index in [0.717, 1.165) is 34.3 Å². The van der Waals surface area contributed by atoms with Gasteiger partial charge in [-0.25, -0.2) is 4.68 Å². The molecular weight excluding hydrogens is 360 g/mol. The lowest BCUT2D eigenvalue weighted by Crippen LogP contribution is -2.36. The lowest BCUT2D eigenvalue weighted by molar-refractivity contribution is 0.0734. The first-order chi connectivity index (χ1) is 13.2. The van der Waals surface area contributed by atoms with E-state index in [1.54, 1.807) is 0 Å². The fraction of sp³-hybridized carbons (Fsp3) is 0.143. The molecule has 0 bridgehead atoms. The fourth-order valence-electron chi connectivity index (χ4n) is 3.70. The summed E-state index contributed by atoms with van der Waals surface area (Å²) in [5, 5.41) is 6.29. The Bertz CT molecular complexity index is 1160. The van der Waals surface area contributed by atoms with Gasteiger partial charge in [0.25, 0.3) is 5.91 Å². The van der Waals surface area contributed by atoms with Crippen molar-refractivity contribution in [2.75, 3.05) is 6.54 Å². The monoisotopic (exact) mass is 376 g/mol. The van der Waals surface area contributed by atoms with Gasteiger partial charge in [0.05, 0.1) is 22.6 Å². The van der Waals surface area contributed by atoms with Crippen LogP contribution >= 0.6 is 11.6 Å². The molecule has 3 heterocycles. The second-order valence-corrected chi connectivity index (χ2v) is 7.14. The summed E-state index contributed by atoms with van der Waals surface area (Å²) in [7, 11) is 0. The van der Waals surface area contributed by atoms with Crippen LogP contribution in [0.15, 0.2) is 60.9 Å². The number of para-hydroxylation sites is 1. The number of aromatic nitrogens is 3. The van der Waals surface area contributed by atoms with Crippen LogP contribution in [-0.2, 0) is 13.0 Å². The Morgan fingerprint density at radius 3 is 2.93 bits per heavy atom. The van der Waals surface area contributed by atoms with Crippen LogP contribution in [0.2, 0.25) is 5.02 Å². The molecule has 27 heavy (non-hydrogen) atoms. The third-order valence-electron chi connectivity index (χ3n) is 5.10. The van der Waals surface area contributed by atoms with E-state index >= 15 is 0 Å². The highest BCUT2D eigenvalue weighted by molar-refractivity contribution is 6.32. The topological polar surface area (TPSA) is 53.9 Å². The number of hydrogen-bond acceptors (Lipinski definition) is 2. The van der Waals surface area contributed by atoms with Gasteiger partial charge >= 0.3 is 0 Å². The second kappa shape index (κ2) is 6.28. The second-order valence-electron chi connectivity index (χ2n) is 6.74. The molecule has 5 nitrogen and oxygen atoms in total. The van der Waals surface area contributed by atoms with Gasteiger partial charge in [0.1, 0.15) is 0 Å². The molecular formula is C21H17ClN4O. The number of aromatic amines is 1. The van der Waals surface area contributed by atoms with Gasteiger partial charge in [-0.3, -0.25) is 4.79 Å². The Kier molecular flexibility index (Phi) is 3.76. The summed E-state index contributed by atoms with van der Waals surface area (Å²) in [5.41, 5.74) is 4.73. The number of amides is 1. The van der Waals surface area contributed by atoms with Gasteiger partial charge in [-0.1, -0.05) is 29.8 Å². The molecule has 0 saturated carbocycles. The number of halogens is 1. The maximum Gasteiger partial charge on any atom is 0.254 e. The maximum absolute atomic E-state index is 13.0. The van der Waals surface area contributed by atoms with Crippen LogP contribution in [0.1, 0.15) is 21.6 Å². The van der Waals surface area contributed by atoms with Crippen molar-refractivity contribution in [3.63, 3.8) is 0 Å². The highest BCUT2D eigenvalue weighted by atomic mass is 35.5. The normalized spacial score (nSPS) is 13.7. The van der Waals surface area contributed by atoms with Gasteiger partial charge in [0.15, 0.2) is 0 Å². The largest absolute Gasteiger partial charge is 0.361 e. The van der Waals surface area contributed by atoms with E-state index in [9.17, 15) is 4.79 Å². The Balaban J connectivity index is 1.43. The number of nitrogens with one attached hydrogen (secondary N) is 1. The van der Waals surface area contributed by atoms with Gasteiger partial charge < -0.3 is 9.88 Å². The van der Waals surface area contributed by atoms with Crippen LogP contribution in [0, 0.1) is 0 Å². The molecule has 5 rings (SSSR count). The molecule has 0 aliphatic carbocycles. The standard InChI is InChI=1S/C21H17ClN4O/c22-17-3-1-2-4-20(17)26-19-8-10-25(13-16(19)12-24-26)21(27)15-6-5-14-7-9-23-18(14)11-15/h1-7,9,11-12,23H,8,10,13H2. The van der Waals surface area contributed by atoms with Gasteiger partial charge in [-0.15, -0.1) is 0 Å². The van der Waals surface area contributed by atoms with Crippen molar-refractivity contribution in [3.05, 3.63) is 82.8 Å². The van der Waals surface area contributed by atoms with Gasteiger partial charge in [0.2, 0.25) is 0 Å². The van der Waals surface area contributed by atoms with E-state index in [4.69, 9.17) is 11.6 Å². The summed E-state index contributed by atoms with van der Waals surface area (Å²) < 4.78 is 1.89. The summed E-state index contributed by atoms with van der Waals surface area (Å²) in [6.07, 6.45) is 4.47. The number of nitrogens with zero attached hydrogens (tertiary/aromatic N) is 3. The number of H-pyrrole nitrogens is 1. The summed E-state index contributed by atoms with van der Waals surface area (Å²) in [6.45, 7) is 1.21. The molecule has 2 aromatic heterocycles. The summed E-state index contributed by atoms with van der Waals surface area (Å²) in [6, 6.07) is 15.5. The Morgan fingerprint density at radius 1 is 1.15 bits per heavy atom. The van der Waals surface area contributed by atoms with E-state index in [1.807, 2.05) is 70.5 Å². The van der Waals surface area contributed by atoms with E-state index < -0.39 is 0 Å². The minimum absolute atomic E-state index is 0.0441. The van der Waals surface area contributed by atoms with Crippen molar-refractivity contribution in [2.24, 2.45) is 0 Å². The van der Waals surface area contributed by atoms with Crippen LogP contribution in [0.5, 0.6) is 0 Å². The van der Waals surface area contributed by atoms with Crippen molar-refractivity contribution < 1.29 is 4.79 Å². The average Bonchev–Trinajstić information content (AvgIpc) is 3.33. The van der Waals surface area contributed by atoms with Crippen molar-refractivity contribution >= 4 is 28.4 Å². The van der Waals surface area contributed by atoms with Crippen molar-refractivity contribution in [3.8, 4) is 5.69 Å². The van der Waals surface area contributed by atoms with Crippen LogP contribution in [0.3, 0.4) is 0 Å². The zero-order chi connectivity index (χ0) is 18.4. The lowest BCUT2D eigenvalue weighted by atomic mass is 10.1. The smallest absolute Gasteiger partial charge is 0.254 e. The minimum atomic E-state index is 0.0441. The maximum atomic E-state index is 13.0. The molecule has 134 valence electrons. The Labute approximate surface area is 161 Å². The molecule has 6 heteroatoms. The molecule has 0 spiro atoms. The van der Waals surface area contributed by atoms with Crippen molar-refractivity contribution in [1.29, 1.82) is 0 Å². The van der Waals surface area contributed by atoms with E-state index in [0.29, 0.717) is 23.7 Å². The number of fused-ring (bicyclic) bond motifs is 2. The summed E-state index contributed by atoms with van der Waals surface area (Å²) in [4.78, 5) is 18.0. The van der Waals surface area contributed by atoms with Crippen LogP contribution < -0.4 is 0 Å². The molecule has 2 aromatic carbocycles. The molecule has 1 aliphatic rings. The SMILES string of the molecule is O=C(c1ccc2cc[nH]c2c1)N1CCc2c(cnn2-c2ccccc2Cl)C1. The Hall–Kier alpha value is -3.05. The fourth-order valence-corrected chi connectivity index (χ4v) is 3.92. The molecule has 0 atom stereocenters. The minimum Gasteiger partial charge on any atom is -0.361 e.